The van der Waals surface area contributed by atoms with E-state index in [-0.39, 0.29) is 28.8 Å². The van der Waals surface area contributed by atoms with Crippen molar-refractivity contribution in [2.45, 2.75) is 32.1 Å². The monoisotopic (exact) mass is 446 g/mol. The second-order valence-corrected chi connectivity index (χ2v) is 9.02. The molecule has 0 aliphatic heterocycles. The van der Waals surface area contributed by atoms with Gasteiger partial charge in [0.2, 0.25) is 15.9 Å². The molecule has 2 aromatic carbocycles. The summed E-state index contributed by atoms with van der Waals surface area (Å²) in [5, 5.41) is 2.75. The quantitative estimate of drug-likeness (QED) is 0.428. The van der Waals surface area contributed by atoms with E-state index < -0.39 is 28.4 Å². The summed E-state index contributed by atoms with van der Waals surface area (Å²) >= 11 is 0. The summed E-state index contributed by atoms with van der Waals surface area (Å²) in [6, 6.07) is 11.7. The van der Waals surface area contributed by atoms with E-state index in [1.165, 1.54) is 36.4 Å². The second-order valence-electron chi connectivity index (χ2n) is 7.25. The van der Waals surface area contributed by atoms with Crippen molar-refractivity contribution in [1.29, 1.82) is 0 Å². The van der Waals surface area contributed by atoms with Gasteiger partial charge in [0.25, 0.3) is 0 Å². The maximum absolute atomic E-state index is 12.3. The van der Waals surface area contributed by atoms with Gasteiger partial charge in [-0.15, -0.1) is 0 Å². The Bertz CT molecular complexity index is 1050. The fourth-order valence-corrected chi connectivity index (χ4v) is 3.77. The molecule has 0 aliphatic carbocycles. The first kappa shape index (κ1) is 24.2. The van der Waals surface area contributed by atoms with Crippen molar-refractivity contribution < 1.29 is 27.5 Å². The molecule has 2 aromatic rings. The van der Waals surface area contributed by atoms with Crippen molar-refractivity contribution in [3.63, 3.8) is 0 Å². The van der Waals surface area contributed by atoms with Crippen LogP contribution in [0.5, 0.6) is 0 Å². The Balaban J connectivity index is 1.97. The highest BCUT2D eigenvalue weighted by atomic mass is 32.2. The molecule has 0 radical (unpaired) electrons. The predicted molar refractivity (Wildman–Crippen MR) is 116 cm³/mol. The van der Waals surface area contributed by atoms with Crippen molar-refractivity contribution in [3.05, 3.63) is 59.7 Å². The van der Waals surface area contributed by atoms with Gasteiger partial charge >= 0.3 is 5.97 Å². The van der Waals surface area contributed by atoms with Gasteiger partial charge in [0.15, 0.2) is 12.4 Å². The maximum Gasteiger partial charge on any atom is 0.338 e. The lowest BCUT2D eigenvalue weighted by Crippen LogP contribution is -2.23. The SMILES string of the molecule is CCNS(=O)(=O)c1cccc(C(=O)OCC(=O)c2ccc(NC(=O)CC(C)C)cc2)c1. The number of hydrogen-bond donors (Lipinski definition) is 2. The Morgan fingerprint density at radius 1 is 1.00 bits per heavy atom. The molecule has 166 valence electrons. The lowest BCUT2D eigenvalue weighted by Gasteiger charge is -2.09. The highest BCUT2D eigenvalue weighted by Gasteiger charge is 2.17. The molecule has 0 bridgehead atoms. The molecule has 0 unspecified atom stereocenters. The molecule has 0 saturated heterocycles. The molecule has 31 heavy (non-hydrogen) atoms. The topological polar surface area (TPSA) is 119 Å². The van der Waals surface area contributed by atoms with Crippen molar-refractivity contribution in [1.82, 2.24) is 4.72 Å². The third-order valence-electron chi connectivity index (χ3n) is 4.13. The summed E-state index contributed by atoms with van der Waals surface area (Å²) in [4.78, 5) is 36.3. The number of nitrogens with one attached hydrogen (secondary N) is 2. The molecule has 0 aromatic heterocycles. The summed E-state index contributed by atoms with van der Waals surface area (Å²) in [5.41, 5.74) is 0.908. The lowest BCUT2D eigenvalue weighted by atomic mass is 10.1. The third-order valence-corrected chi connectivity index (χ3v) is 5.68. The normalized spacial score (nSPS) is 11.2. The Labute approximate surface area is 182 Å². The van der Waals surface area contributed by atoms with E-state index in [2.05, 4.69) is 10.0 Å². The Morgan fingerprint density at radius 2 is 1.68 bits per heavy atom. The third kappa shape index (κ3) is 7.30. The van der Waals surface area contributed by atoms with Crippen LogP contribution in [0.1, 0.15) is 47.9 Å². The number of esters is 1. The van der Waals surface area contributed by atoms with Crippen molar-refractivity contribution in [3.8, 4) is 0 Å². The van der Waals surface area contributed by atoms with E-state index in [1.54, 1.807) is 19.1 Å². The van der Waals surface area contributed by atoms with Crippen LogP contribution in [0.25, 0.3) is 0 Å². The van der Waals surface area contributed by atoms with E-state index in [0.29, 0.717) is 17.7 Å². The zero-order valence-corrected chi connectivity index (χ0v) is 18.5. The average Bonchev–Trinajstić information content (AvgIpc) is 2.71. The van der Waals surface area contributed by atoms with Crippen molar-refractivity contribution in [2.75, 3.05) is 18.5 Å². The van der Waals surface area contributed by atoms with Gasteiger partial charge in [0, 0.05) is 24.2 Å². The van der Waals surface area contributed by atoms with Gasteiger partial charge < -0.3 is 10.1 Å². The largest absolute Gasteiger partial charge is 0.454 e. The number of ketones is 1. The van der Waals surface area contributed by atoms with Gasteiger partial charge in [0.05, 0.1) is 10.5 Å². The van der Waals surface area contributed by atoms with Crippen LogP contribution < -0.4 is 10.0 Å². The second kappa shape index (κ2) is 10.8. The molecular weight excluding hydrogens is 420 g/mol. The fourth-order valence-electron chi connectivity index (χ4n) is 2.68. The molecule has 0 aliphatic rings. The van der Waals surface area contributed by atoms with Crippen LogP contribution in [0, 0.1) is 5.92 Å². The Hall–Kier alpha value is -3.04. The first-order chi connectivity index (χ1) is 14.6. The van der Waals surface area contributed by atoms with Crippen LogP contribution >= 0.6 is 0 Å². The summed E-state index contributed by atoms with van der Waals surface area (Å²) in [5.74, 6) is -1.11. The van der Waals surface area contributed by atoms with E-state index in [0.717, 1.165) is 0 Å². The van der Waals surface area contributed by atoms with Crippen molar-refractivity contribution in [2.24, 2.45) is 5.92 Å². The standard InChI is InChI=1S/C22H26N2O6S/c1-4-23-31(28,29)19-7-5-6-17(13-19)22(27)30-14-20(25)16-8-10-18(11-9-16)24-21(26)12-15(2)3/h5-11,13,15,23H,4,12,14H2,1-3H3,(H,24,26). The molecule has 9 heteroatoms. The van der Waals surface area contributed by atoms with Gasteiger partial charge in [-0.3, -0.25) is 9.59 Å². The van der Waals surface area contributed by atoms with E-state index >= 15 is 0 Å². The summed E-state index contributed by atoms with van der Waals surface area (Å²) in [6.07, 6.45) is 0.396. The lowest BCUT2D eigenvalue weighted by molar-refractivity contribution is -0.116. The molecule has 0 fully saturated rings. The van der Waals surface area contributed by atoms with Crippen LogP contribution in [0.4, 0.5) is 5.69 Å². The number of hydrogen-bond acceptors (Lipinski definition) is 6. The minimum Gasteiger partial charge on any atom is -0.454 e. The molecule has 0 spiro atoms. The highest BCUT2D eigenvalue weighted by molar-refractivity contribution is 7.89. The van der Waals surface area contributed by atoms with E-state index in [9.17, 15) is 22.8 Å². The van der Waals surface area contributed by atoms with Gasteiger partial charge in [-0.1, -0.05) is 26.8 Å². The van der Waals surface area contributed by atoms with Gasteiger partial charge in [-0.2, -0.15) is 0 Å². The summed E-state index contributed by atoms with van der Waals surface area (Å²) in [6.45, 7) is 5.25. The first-order valence-corrected chi connectivity index (χ1v) is 11.3. The Morgan fingerprint density at radius 3 is 2.29 bits per heavy atom. The number of carbonyl (C=O) groups excluding carboxylic acids is 3. The molecular formula is C22H26N2O6S. The van der Waals surface area contributed by atoms with Gasteiger partial charge in [-0.05, 0) is 48.4 Å². The maximum atomic E-state index is 12.3. The molecule has 8 nitrogen and oxygen atoms in total. The first-order valence-electron chi connectivity index (χ1n) is 9.82. The molecule has 0 atom stereocenters. The minimum absolute atomic E-state index is 0.0231. The van der Waals surface area contributed by atoms with Crippen LogP contribution in [-0.4, -0.2) is 39.2 Å². The van der Waals surface area contributed by atoms with Crippen LogP contribution in [0.3, 0.4) is 0 Å². The number of amides is 1. The van der Waals surface area contributed by atoms with Crippen LogP contribution in [-0.2, 0) is 19.6 Å². The summed E-state index contributed by atoms with van der Waals surface area (Å²) < 4.78 is 31.5. The number of anilines is 1. The summed E-state index contributed by atoms with van der Waals surface area (Å²) in [7, 11) is -3.71. The van der Waals surface area contributed by atoms with Crippen LogP contribution in [0.15, 0.2) is 53.4 Å². The van der Waals surface area contributed by atoms with E-state index in [4.69, 9.17) is 4.74 Å². The number of sulfonamides is 1. The van der Waals surface area contributed by atoms with Crippen molar-refractivity contribution >= 4 is 33.4 Å². The minimum atomic E-state index is -3.71. The molecule has 2 N–H and O–H groups in total. The number of Topliss-reactive ketones (excluding diaryl/α,β-unsaturated/α-hetero) is 1. The predicted octanol–water partition coefficient (Wildman–Crippen LogP) is 3.01. The van der Waals surface area contributed by atoms with Crippen LogP contribution in [0.2, 0.25) is 0 Å². The van der Waals surface area contributed by atoms with E-state index in [1.807, 2.05) is 13.8 Å². The number of rotatable bonds is 10. The zero-order chi connectivity index (χ0) is 23.0. The van der Waals surface area contributed by atoms with Gasteiger partial charge in [-0.25, -0.2) is 17.9 Å². The fraction of sp³-hybridized carbons (Fsp3) is 0.318. The highest BCUT2D eigenvalue weighted by Crippen LogP contribution is 2.14. The zero-order valence-electron chi connectivity index (χ0n) is 17.7. The number of benzene rings is 2. The number of carbonyl (C=O) groups is 3. The smallest absolute Gasteiger partial charge is 0.338 e. The molecule has 0 heterocycles. The van der Waals surface area contributed by atoms with Gasteiger partial charge in [0.1, 0.15) is 0 Å². The number of ether oxygens (including phenoxy) is 1. The average molecular weight is 447 g/mol. The Kier molecular flexibility index (Phi) is 8.47. The molecule has 0 saturated carbocycles. The molecule has 1 amide bonds. The molecule has 2 rings (SSSR count).